The van der Waals surface area contributed by atoms with Crippen LogP contribution in [0, 0.1) is 11.8 Å². The number of thioether (sulfide) groups is 1. The fourth-order valence-corrected chi connectivity index (χ4v) is 5.83. The molecule has 250 valence electrons. The molecule has 0 aliphatic carbocycles. The predicted molar refractivity (Wildman–Crippen MR) is 163 cm³/mol. The molecule has 3 amide bonds. The number of carbonyl (C=O) groups excluding carboxylic acids is 3. The Kier molecular flexibility index (Phi) is 22.9. The summed E-state index contributed by atoms with van der Waals surface area (Å²) in [5, 5.41) is 2.78. The van der Waals surface area contributed by atoms with Crippen molar-refractivity contribution in [2.45, 2.75) is 45.4 Å². The lowest BCUT2D eigenvalue weighted by Gasteiger charge is -2.24. The molecule has 2 rings (SSSR count). The van der Waals surface area contributed by atoms with Crippen molar-refractivity contribution >= 4 is 29.5 Å². The molecule has 0 spiro atoms. The molecule has 1 N–H and O–H groups in total. The lowest BCUT2D eigenvalue weighted by molar-refractivity contribution is -0.140. The molecule has 0 bridgehead atoms. The van der Waals surface area contributed by atoms with Gasteiger partial charge in [-0.15, -0.1) is 0 Å². The fraction of sp³-hybridized carbons (Fsp3) is 0.900. The van der Waals surface area contributed by atoms with Crippen molar-refractivity contribution in [2.75, 3.05) is 117 Å². The van der Waals surface area contributed by atoms with Crippen molar-refractivity contribution in [2.24, 2.45) is 11.8 Å². The summed E-state index contributed by atoms with van der Waals surface area (Å²) >= 11 is 1.97. The second-order valence-electron chi connectivity index (χ2n) is 10.3. The third-order valence-corrected chi connectivity index (χ3v) is 8.30. The van der Waals surface area contributed by atoms with Gasteiger partial charge in [-0.1, -0.05) is 0 Å². The highest BCUT2D eigenvalue weighted by atomic mass is 32.2. The number of rotatable bonds is 26. The van der Waals surface area contributed by atoms with E-state index in [1.54, 1.807) is 0 Å². The Labute approximate surface area is 261 Å². The SMILES string of the molecule is CCOCCOCCOCCOCCOCCOCCOCCNC(=O)CCN1C(=O)CC(C2CCCSCCC2)C1=O. The summed E-state index contributed by atoms with van der Waals surface area (Å²) in [4.78, 5) is 38.9. The third-order valence-electron chi connectivity index (χ3n) is 7.14. The Morgan fingerprint density at radius 3 is 1.70 bits per heavy atom. The van der Waals surface area contributed by atoms with Gasteiger partial charge in [0.15, 0.2) is 0 Å². The summed E-state index contributed by atoms with van der Waals surface area (Å²) in [7, 11) is 0. The van der Waals surface area contributed by atoms with Gasteiger partial charge in [0, 0.05) is 32.5 Å². The average Bonchev–Trinajstić information content (AvgIpc) is 3.26. The van der Waals surface area contributed by atoms with Crippen molar-refractivity contribution < 1.29 is 47.5 Å². The summed E-state index contributed by atoms with van der Waals surface area (Å²) in [5.74, 6) is 1.90. The zero-order valence-corrected chi connectivity index (χ0v) is 26.9. The molecule has 0 aromatic carbocycles. The van der Waals surface area contributed by atoms with Crippen LogP contribution >= 0.6 is 11.8 Å². The summed E-state index contributed by atoms with van der Waals surface area (Å²) < 4.78 is 37.8. The van der Waals surface area contributed by atoms with Gasteiger partial charge in [-0.3, -0.25) is 19.3 Å². The van der Waals surface area contributed by atoms with E-state index in [2.05, 4.69) is 5.32 Å². The van der Waals surface area contributed by atoms with Crippen LogP contribution in [0.1, 0.15) is 45.4 Å². The van der Waals surface area contributed by atoms with E-state index in [9.17, 15) is 14.4 Å². The van der Waals surface area contributed by atoms with Crippen molar-refractivity contribution in [3.63, 3.8) is 0 Å². The minimum atomic E-state index is -0.210. The van der Waals surface area contributed by atoms with Gasteiger partial charge < -0.3 is 38.5 Å². The second kappa shape index (κ2) is 26.0. The van der Waals surface area contributed by atoms with E-state index in [4.69, 9.17) is 33.2 Å². The van der Waals surface area contributed by atoms with Crippen molar-refractivity contribution in [3.8, 4) is 0 Å². The number of ether oxygens (including phenoxy) is 7. The number of imide groups is 1. The first-order valence-electron chi connectivity index (χ1n) is 15.9. The highest BCUT2D eigenvalue weighted by Gasteiger charge is 2.42. The van der Waals surface area contributed by atoms with Crippen LogP contribution in [0.25, 0.3) is 0 Å². The first kappa shape index (κ1) is 37.9. The maximum Gasteiger partial charge on any atom is 0.233 e. The minimum Gasteiger partial charge on any atom is -0.379 e. The topological polar surface area (TPSA) is 131 Å². The first-order valence-corrected chi connectivity index (χ1v) is 17.0. The number of nitrogens with zero attached hydrogens (tertiary/aromatic N) is 1. The van der Waals surface area contributed by atoms with E-state index in [1.807, 2.05) is 18.7 Å². The van der Waals surface area contributed by atoms with Gasteiger partial charge in [0.1, 0.15) is 0 Å². The second-order valence-corrected chi connectivity index (χ2v) is 11.5. The average molecular weight is 635 g/mol. The molecule has 0 aromatic heterocycles. The highest BCUT2D eigenvalue weighted by Crippen LogP contribution is 2.34. The molecule has 2 heterocycles. The zero-order chi connectivity index (χ0) is 30.8. The van der Waals surface area contributed by atoms with Crippen LogP contribution in [-0.4, -0.2) is 140 Å². The van der Waals surface area contributed by atoms with Gasteiger partial charge in [0.25, 0.3) is 0 Å². The first-order chi connectivity index (χ1) is 21.1. The number of nitrogens with one attached hydrogen (secondary N) is 1. The van der Waals surface area contributed by atoms with Gasteiger partial charge in [0.05, 0.1) is 91.8 Å². The summed E-state index contributed by atoms with van der Waals surface area (Å²) in [5.41, 5.74) is 0. The predicted octanol–water partition coefficient (Wildman–Crippen LogP) is 1.93. The van der Waals surface area contributed by atoms with Crippen molar-refractivity contribution in [1.82, 2.24) is 10.2 Å². The van der Waals surface area contributed by atoms with Crippen molar-refractivity contribution in [3.05, 3.63) is 0 Å². The van der Waals surface area contributed by atoms with Crippen LogP contribution in [0.15, 0.2) is 0 Å². The Morgan fingerprint density at radius 2 is 1.21 bits per heavy atom. The molecule has 13 heteroatoms. The van der Waals surface area contributed by atoms with Crippen molar-refractivity contribution in [1.29, 1.82) is 0 Å². The third kappa shape index (κ3) is 18.3. The van der Waals surface area contributed by atoms with E-state index in [1.165, 1.54) is 4.90 Å². The van der Waals surface area contributed by atoms with Crippen LogP contribution in [0.5, 0.6) is 0 Å². The van der Waals surface area contributed by atoms with Crippen LogP contribution in [0.4, 0.5) is 0 Å². The minimum absolute atomic E-state index is 0.0918. The number of hydrogen-bond donors (Lipinski definition) is 1. The van der Waals surface area contributed by atoms with Crippen LogP contribution in [0.2, 0.25) is 0 Å². The number of amides is 3. The van der Waals surface area contributed by atoms with Gasteiger partial charge in [-0.25, -0.2) is 0 Å². The summed E-state index contributed by atoms with van der Waals surface area (Å²) in [6.07, 6.45) is 4.60. The molecule has 2 fully saturated rings. The van der Waals surface area contributed by atoms with E-state index in [0.29, 0.717) is 99.0 Å². The molecule has 43 heavy (non-hydrogen) atoms. The smallest absolute Gasteiger partial charge is 0.233 e. The van der Waals surface area contributed by atoms with Crippen LogP contribution < -0.4 is 5.32 Å². The molecule has 1 atom stereocenters. The van der Waals surface area contributed by atoms with E-state index in [0.717, 1.165) is 37.2 Å². The molecular weight excluding hydrogens is 580 g/mol. The van der Waals surface area contributed by atoms with E-state index < -0.39 is 0 Å². The molecule has 2 saturated heterocycles. The number of carbonyl (C=O) groups is 3. The maximum atomic E-state index is 12.9. The monoisotopic (exact) mass is 634 g/mol. The van der Waals surface area contributed by atoms with Crippen LogP contribution in [0.3, 0.4) is 0 Å². The van der Waals surface area contributed by atoms with Gasteiger partial charge in [-0.05, 0) is 50.0 Å². The molecule has 0 radical (unpaired) electrons. The molecular formula is C30H54N2O10S. The standard InChI is InChI=1S/C30H54N2O10S/c1-2-36-11-12-38-15-16-40-19-20-42-22-21-41-18-17-39-14-13-37-10-8-31-28(33)7-9-32-29(34)25-27(30(32)35)26-5-3-23-43-24-4-6-26/h26-27H,2-25H2,1H3,(H,31,33). The largest absolute Gasteiger partial charge is 0.379 e. The quantitative estimate of drug-likeness (QED) is 0.111. The Balaban J connectivity index is 1.32. The molecule has 0 saturated carbocycles. The van der Waals surface area contributed by atoms with Crippen LogP contribution in [-0.2, 0) is 47.5 Å². The summed E-state index contributed by atoms with van der Waals surface area (Å²) in [6.45, 7) is 9.57. The Hall–Kier alpha value is -1.32. The molecule has 12 nitrogen and oxygen atoms in total. The van der Waals surface area contributed by atoms with E-state index >= 15 is 0 Å². The fourth-order valence-electron chi connectivity index (χ4n) is 4.88. The molecule has 1 unspecified atom stereocenters. The Morgan fingerprint density at radius 1 is 0.744 bits per heavy atom. The molecule has 2 aliphatic heterocycles. The lowest BCUT2D eigenvalue weighted by Crippen LogP contribution is -2.36. The zero-order valence-electron chi connectivity index (χ0n) is 26.1. The summed E-state index contributed by atoms with van der Waals surface area (Å²) in [6, 6.07) is 0. The number of hydrogen-bond acceptors (Lipinski definition) is 11. The molecule has 2 aliphatic rings. The highest BCUT2D eigenvalue weighted by molar-refractivity contribution is 7.99. The van der Waals surface area contributed by atoms with Gasteiger partial charge >= 0.3 is 0 Å². The number of likely N-dealkylation sites (tertiary alicyclic amines) is 1. The van der Waals surface area contributed by atoms with E-state index in [-0.39, 0.29) is 48.9 Å². The Bertz CT molecular complexity index is 740. The maximum absolute atomic E-state index is 12.9. The van der Waals surface area contributed by atoms with Gasteiger partial charge in [0.2, 0.25) is 17.7 Å². The normalized spacial score (nSPS) is 18.3. The lowest BCUT2D eigenvalue weighted by atomic mass is 9.84. The molecule has 0 aromatic rings. The van der Waals surface area contributed by atoms with Gasteiger partial charge in [-0.2, -0.15) is 11.8 Å².